The third-order valence-electron chi connectivity index (χ3n) is 8.82. The number of halogens is 1. The predicted octanol–water partition coefficient (Wildman–Crippen LogP) is 1.19. The molecular weight excluding hydrogens is 520 g/mol. The lowest BCUT2D eigenvalue weighted by molar-refractivity contribution is -0.124. The summed E-state index contributed by atoms with van der Waals surface area (Å²) in [6.45, 7) is 6.05. The highest BCUT2D eigenvalue weighted by atomic mass is 35.5. The number of nitrogens with one attached hydrogen (secondary N) is 4. The zero-order chi connectivity index (χ0) is 27.8. The van der Waals surface area contributed by atoms with Crippen molar-refractivity contribution in [1.82, 2.24) is 26.2 Å². The summed E-state index contributed by atoms with van der Waals surface area (Å²) < 4.78 is 17.6. The number of fused-ring (bicyclic) bond motifs is 1. The van der Waals surface area contributed by atoms with Crippen LogP contribution in [0.2, 0.25) is 0 Å². The number of ether oxygens (including phenoxy) is 3. The fourth-order valence-electron chi connectivity index (χ4n) is 6.77. The molecule has 39 heavy (non-hydrogen) atoms. The molecule has 0 aromatic carbocycles. The highest BCUT2D eigenvalue weighted by Gasteiger charge is 2.47. The molecule has 2 aliphatic carbocycles. The Labute approximate surface area is 239 Å². The molecule has 10 atom stereocenters. The zero-order valence-electron chi connectivity index (χ0n) is 23.9. The summed E-state index contributed by atoms with van der Waals surface area (Å²) in [6, 6.07) is 3.27. The van der Waals surface area contributed by atoms with E-state index in [1.54, 1.807) is 0 Å². The Morgan fingerprint density at radius 2 is 2.03 bits per heavy atom. The number of nitriles is 1. The van der Waals surface area contributed by atoms with E-state index in [1.165, 1.54) is 0 Å². The van der Waals surface area contributed by atoms with Crippen molar-refractivity contribution in [3.05, 3.63) is 0 Å². The van der Waals surface area contributed by atoms with Gasteiger partial charge in [-0.25, -0.2) is 0 Å². The Morgan fingerprint density at radius 3 is 2.72 bits per heavy atom. The van der Waals surface area contributed by atoms with Crippen molar-refractivity contribution in [2.45, 2.75) is 99.7 Å². The van der Waals surface area contributed by atoms with Crippen LogP contribution in [0.5, 0.6) is 0 Å². The topological polar surface area (TPSA) is 120 Å². The largest absolute Gasteiger partial charge is 0.376 e. The lowest BCUT2D eigenvalue weighted by Crippen LogP contribution is -2.66. The van der Waals surface area contributed by atoms with Crippen LogP contribution in [0.15, 0.2) is 0 Å². The average molecular weight is 569 g/mol. The van der Waals surface area contributed by atoms with E-state index in [-0.39, 0.29) is 65.5 Å². The van der Waals surface area contributed by atoms with E-state index in [1.807, 2.05) is 21.0 Å². The number of hydrogen-bond donors (Lipinski definition) is 4. The van der Waals surface area contributed by atoms with Gasteiger partial charge in [0.05, 0.1) is 61.6 Å². The van der Waals surface area contributed by atoms with Gasteiger partial charge in [-0.2, -0.15) is 5.26 Å². The lowest BCUT2D eigenvalue weighted by Gasteiger charge is -2.50. The quantitative estimate of drug-likeness (QED) is 0.257. The van der Waals surface area contributed by atoms with Gasteiger partial charge in [0.1, 0.15) is 0 Å². The first-order valence-corrected chi connectivity index (χ1v) is 15.3. The minimum atomic E-state index is -0.137. The number of piperidine rings is 1. The molecule has 2 saturated heterocycles. The van der Waals surface area contributed by atoms with Gasteiger partial charge in [0.15, 0.2) is 0 Å². The molecule has 4 fully saturated rings. The average Bonchev–Trinajstić information content (AvgIpc) is 3.42. The second kappa shape index (κ2) is 15.3. The maximum absolute atomic E-state index is 12.8. The second-order valence-corrected chi connectivity index (χ2v) is 12.5. The summed E-state index contributed by atoms with van der Waals surface area (Å²) in [6.07, 6.45) is 5.64. The van der Waals surface area contributed by atoms with Gasteiger partial charge < -0.3 is 35.1 Å². The molecule has 11 heteroatoms. The molecule has 0 radical (unpaired) electrons. The van der Waals surface area contributed by atoms with E-state index in [2.05, 4.69) is 32.2 Å². The maximum atomic E-state index is 12.8. The molecule has 10 unspecified atom stereocenters. The standard InChI is InChI=1S/C28H49ClN6O4/c1-4-38-26-12-23-21(11-24(26)34-27(36)6-5-9-35(2)3)28(18(13-30)14-31-23)33-19-7-8-25(22(29)10-19)39-16-20-15-37-17-32-20/h18-26,28,31-33H,4-12,14-17H2,1-3H3,(H,34,36). The molecule has 0 aromatic heterocycles. The van der Waals surface area contributed by atoms with Crippen molar-refractivity contribution in [3.63, 3.8) is 0 Å². The van der Waals surface area contributed by atoms with Crippen molar-refractivity contribution in [2.24, 2.45) is 11.8 Å². The van der Waals surface area contributed by atoms with Crippen molar-refractivity contribution >= 4 is 17.5 Å². The summed E-state index contributed by atoms with van der Waals surface area (Å²) in [5.41, 5.74) is 0. The third kappa shape index (κ3) is 8.73. The molecule has 0 spiro atoms. The molecule has 4 N–H and O–H groups in total. The van der Waals surface area contributed by atoms with Gasteiger partial charge >= 0.3 is 0 Å². The summed E-state index contributed by atoms with van der Waals surface area (Å²) in [5, 5.41) is 24.1. The molecule has 2 saturated carbocycles. The van der Waals surface area contributed by atoms with Gasteiger partial charge in [0.2, 0.25) is 5.91 Å². The molecule has 10 nitrogen and oxygen atoms in total. The first kappa shape index (κ1) is 30.9. The number of nitrogens with zero attached hydrogens (tertiary/aromatic N) is 2. The predicted molar refractivity (Wildman–Crippen MR) is 150 cm³/mol. The molecule has 222 valence electrons. The van der Waals surface area contributed by atoms with Crippen LogP contribution in [0, 0.1) is 23.2 Å². The molecule has 2 heterocycles. The molecule has 0 bridgehead atoms. The molecule has 2 aliphatic heterocycles. The monoisotopic (exact) mass is 568 g/mol. The van der Waals surface area contributed by atoms with E-state index >= 15 is 0 Å². The van der Waals surface area contributed by atoms with E-state index in [0.29, 0.717) is 39.5 Å². The van der Waals surface area contributed by atoms with Gasteiger partial charge in [0.25, 0.3) is 0 Å². The number of rotatable bonds is 12. The minimum absolute atomic E-state index is 0.0274. The Balaban J connectivity index is 1.35. The Kier molecular flexibility index (Phi) is 12.1. The highest BCUT2D eigenvalue weighted by molar-refractivity contribution is 6.21. The first-order valence-electron chi connectivity index (χ1n) is 14.9. The van der Waals surface area contributed by atoms with E-state index < -0.39 is 0 Å². The van der Waals surface area contributed by atoms with Crippen molar-refractivity contribution in [3.8, 4) is 6.07 Å². The number of carbonyl (C=O) groups is 1. The van der Waals surface area contributed by atoms with E-state index in [4.69, 9.17) is 25.8 Å². The van der Waals surface area contributed by atoms with Gasteiger partial charge in [0, 0.05) is 37.7 Å². The SMILES string of the molecule is CCOC1CC2NCC(C#N)C(NC3CCC(OCC4COCN4)C(Cl)C3)C2CC1NC(=O)CCCN(C)C. The summed E-state index contributed by atoms with van der Waals surface area (Å²) in [5.74, 6) is 0.170. The Morgan fingerprint density at radius 1 is 1.18 bits per heavy atom. The molecule has 0 aromatic rings. The van der Waals surface area contributed by atoms with E-state index in [0.717, 1.165) is 45.1 Å². The lowest BCUT2D eigenvalue weighted by atomic mass is 9.69. The maximum Gasteiger partial charge on any atom is 0.220 e. The van der Waals surface area contributed by atoms with E-state index in [9.17, 15) is 10.1 Å². The number of hydrogen-bond acceptors (Lipinski definition) is 9. The molecular formula is C28H49ClN6O4. The van der Waals surface area contributed by atoms with Crippen LogP contribution in [0.1, 0.15) is 51.9 Å². The molecule has 4 rings (SSSR count). The van der Waals surface area contributed by atoms with Crippen LogP contribution in [-0.2, 0) is 19.0 Å². The van der Waals surface area contributed by atoms with Gasteiger partial charge in [-0.3, -0.25) is 10.1 Å². The van der Waals surface area contributed by atoms with Crippen LogP contribution in [0.4, 0.5) is 0 Å². The highest BCUT2D eigenvalue weighted by Crippen LogP contribution is 2.36. The number of carbonyl (C=O) groups excluding carboxylic acids is 1. The van der Waals surface area contributed by atoms with Crippen molar-refractivity contribution < 1.29 is 19.0 Å². The normalized spacial score (nSPS) is 38.8. The van der Waals surface area contributed by atoms with Gasteiger partial charge in [-0.05, 0) is 72.0 Å². The summed E-state index contributed by atoms with van der Waals surface area (Å²) in [7, 11) is 4.04. The zero-order valence-corrected chi connectivity index (χ0v) is 24.6. The summed E-state index contributed by atoms with van der Waals surface area (Å²) in [4.78, 5) is 14.9. The summed E-state index contributed by atoms with van der Waals surface area (Å²) >= 11 is 6.82. The number of alkyl halides is 1. The first-order chi connectivity index (χ1) is 18.9. The number of amides is 1. The van der Waals surface area contributed by atoms with Crippen molar-refractivity contribution in [2.75, 3.05) is 53.7 Å². The Bertz CT molecular complexity index is 809. The van der Waals surface area contributed by atoms with Crippen LogP contribution in [-0.4, -0.2) is 112 Å². The molecule has 4 aliphatic rings. The third-order valence-corrected chi connectivity index (χ3v) is 9.28. The Hall–Kier alpha value is -1.03. The van der Waals surface area contributed by atoms with Gasteiger partial charge in [-0.1, -0.05) is 0 Å². The van der Waals surface area contributed by atoms with Crippen LogP contribution in [0.25, 0.3) is 0 Å². The van der Waals surface area contributed by atoms with Crippen molar-refractivity contribution in [1.29, 1.82) is 5.26 Å². The van der Waals surface area contributed by atoms with Crippen LogP contribution >= 0.6 is 11.6 Å². The van der Waals surface area contributed by atoms with Crippen LogP contribution in [0.3, 0.4) is 0 Å². The fourth-order valence-corrected chi connectivity index (χ4v) is 7.18. The van der Waals surface area contributed by atoms with Crippen LogP contribution < -0.4 is 21.3 Å². The minimum Gasteiger partial charge on any atom is -0.376 e. The smallest absolute Gasteiger partial charge is 0.220 e. The molecule has 1 amide bonds. The fraction of sp³-hybridized carbons (Fsp3) is 0.929. The van der Waals surface area contributed by atoms with Gasteiger partial charge in [-0.15, -0.1) is 11.6 Å². The second-order valence-electron chi connectivity index (χ2n) is 12.0.